The third-order valence-electron chi connectivity index (χ3n) is 11.5. The number of quaternary nitrogens is 1. The number of rotatable bonds is 5. The number of benzene rings is 8. The van der Waals surface area contributed by atoms with Crippen molar-refractivity contribution in [2.75, 3.05) is 0 Å². The van der Waals surface area contributed by atoms with Crippen molar-refractivity contribution in [3.8, 4) is 16.8 Å². The first-order valence-electron chi connectivity index (χ1n) is 19.4. The molecule has 0 saturated heterocycles. The first-order valence-corrected chi connectivity index (χ1v) is 19.4. The molecule has 0 radical (unpaired) electrons. The van der Waals surface area contributed by atoms with Crippen LogP contribution in [-0.4, -0.2) is 20.8 Å². The molecule has 57 heavy (non-hydrogen) atoms. The number of fused-ring (bicyclic) bond motifs is 10. The van der Waals surface area contributed by atoms with Crippen LogP contribution in [0.1, 0.15) is 17.4 Å². The van der Waals surface area contributed by atoms with E-state index in [1.807, 2.05) is 18.2 Å². The van der Waals surface area contributed by atoms with Crippen molar-refractivity contribution in [1.82, 2.24) is 9.13 Å². The molecule has 1 atom stereocenters. The number of nitrogens with zero attached hydrogens (tertiary/aromatic N) is 4. The molecule has 0 fully saturated rings. The zero-order valence-electron chi connectivity index (χ0n) is 30.7. The molecule has 1 aliphatic heterocycles. The molecule has 0 spiro atoms. The molecule has 4 heterocycles. The highest BCUT2D eigenvalue weighted by atomic mass is 16.3. The van der Waals surface area contributed by atoms with Gasteiger partial charge in [-0.2, -0.15) is 9.98 Å². The van der Waals surface area contributed by atoms with Gasteiger partial charge in [0.05, 0.1) is 27.6 Å². The molecule has 12 rings (SSSR count). The van der Waals surface area contributed by atoms with Crippen molar-refractivity contribution >= 4 is 77.2 Å². The van der Waals surface area contributed by atoms with Gasteiger partial charge in [0.15, 0.2) is 5.84 Å². The molecule has 1 aliphatic rings. The fourth-order valence-corrected chi connectivity index (χ4v) is 9.08. The molecule has 268 valence electrons. The van der Waals surface area contributed by atoms with Gasteiger partial charge in [-0.25, -0.2) is 0 Å². The quantitative estimate of drug-likeness (QED) is 0.188. The van der Waals surface area contributed by atoms with Gasteiger partial charge in [-0.1, -0.05) is 140 Å². The van der Waals surface area contributed by atoms with Crippen LogP contribution in [0, 0.1) is 0 Å². The number of hydrogen-bond donors (Lipinski definition) is 1. The van der Waals surface area contributed by atoms with Gasteiger partial charge in [0.25, 0.3) is 6.29 Å². The van der Waals surface area contributed by atoms with Crippen molar-refractivity contribution in [3.05, 3.63) is 199 Å². The summed E-state index contributed by atoms with van der Waals surface area (Å²) >= 11 is 0. The zero-order valence-corrected chi connectivity index (χ0v) is 30.7. The van der Waals surface area contributed by atoms with Crippen LogP contribution in [0.2, 0.25) is 0 Å². The van der Waals surface area contributed by atoms with E-state index in [2.05, 4.69) is 184 Å². The number of para-hydroxylation sites is 4. The fourth-order valence-electron chi connectivity index (χ4n) is 9.08. The number of nitrogens with two attached hydrogens (primary N) is 1. The largest absolute Gasteiger partial charge is 0.456 e. The Bertz CT molecular complexity index is 3440. The van der Waals surface area contributed by atoms with Gasteiger partial charge in [-0.15, -0.1) is 0 Å². The van der Waals surface area contributed by atoms with Crippen LogP contribution in [0.4, 0.5) is 0 Å². The Morgan fingerprint density at radius 1 is 0.456 bits per heavy atom. The maximum atomic E-state index is 6.35. The van der Waals surface area contributed by atoms with E-state index in [0.717, 1.165) is 72.3 Å². The van der Waals surface area contributed by atoms with Crippen LogP contribution in [0.15, 0.2) is 202 Å². The highest BCUT2D eigenvalue weighted by Gasteiger charge is 2.31. The molecule has 11 aromatic rings. The minimum Gasteiger partial charge on any atom is -0.456 e. The molecule has 3 aromatic heterocycles. The Labute approximate surface area is 327 Å². The third-order valence-corrected chi connectivity index (χ3v) is 11.5. The average Bonchev–Trinajstić information content (AvgIpc) is 3.95. The van der Waals surface area contributed by atoms with Gasteiger partial charge in [-0.05, 0) is 59.7 Å². The molecule has 0 aliphatic carbocycles. The van der Waals surface area contributed by atoms with E-state index in [9.17, 15) is 0 Å². The topological polar surface area (TPSA) is 64.3 Å². The second-order valence-corrected chi connectivity index (χ2v) is 14.7. The Balaban J connectivity index is 1.16. The average molecular weight is 733 g/mol. The third kappa shape index (κ3) is 4.81. The lowest BCUT2D eigenvalue weighted by atomic mass is 9.94. The first kappa shape index (κ1) is 31.8. The summed E-state index contributed by atoms with van der Waals surface area (Å²) in [6, 6.07) is 66.3. The van der Waals surface area contributed by atoms with Crippen molar-refractivity contribution in [2.45, 2.75) is 6.29 Å². The van der Waals surface area contributed by atoms with E-state index in [4.69, 9.17) is 14.4 Å². The molecular weight excluding hydrogens is 699 g/mol. The van der Waals surface area contributed by atoms with Crippen LogP contribution in [0.5, 0.6) is 0 Å². The van der Waals surface area contributed by atoms with Crippen LogP contribution in [-0.2, 0) is 0 Å². The summed E-state index contributed by atoms with van der Waals surface area (Å²) < 4.78 is 11.2. The zero-order chi connectivity index (χ0) is 37.5. The Kier molecular flexibility index (Phi) is 6.97. The monoisotopic (exact) mass is 732 g/mol. The van der Waals surface area contributed by atoms with Crippen molar-refractivity contribution in [1.29, 1.82) is 0 Å². The Morgan fingerprint density at radius 2 is 1.05 bits per heavy atom. The molecule has 0 saturated carbocycles. The second kappa shape index (κ2) is 12.5. The van der Waals surface area contributed by atoms with Gasteiger partial charge >= 0.3 is 0 Å². The summed E-state index contributed by atoms with van der Waals surface area (Å²) in [4.78, 5) is 11.0. The maximum Gasteiger partial charge on any atom is 0.272 e. The molecule has 6 heteroatoms. The Morgan fingerprint density at radius 3 is 1.86 bits per heavy atom. The predicted octanol–water partition coefficient (Wildman–Crippen LogP) is 11.4. The number of furan rings is 1. The number of aliphatic imine (C=N–C) groups is 2. The van der Waals surface area contributed by atoms with Crippen LogP contribution in [0.25, 0.3) is 82.4 Å². The standard InChI is InChI=1S/C51H33N5O/c1-3-16-32(17-4-1)49-52-50(40-23-8-7-20-34(40)37-25-15-29-45-46(37)41-24-11-14-28-44(41)57-45)54-51(53-49)56-43-27-13-10-22-36(43)39-31-30-38-35-21-9-12-26-42(35)55(47(38)48(39)56)33-18-5-2-6-19-33/h1-31,51H,(H,52,53,54)/p+1. The van der Waals surface area contributed by atoms with Crippen LogP contribution >= 0.6 is 0 Å². The van der Waals surface area contributed by atoms with E-state index < -0.39 is 6.29 Å². The minimum atomic E-state index is -0.415. The lowest BCUT2D eigenvalue weighted by Gasteiger charge is -2.23. The molecule has 1 unspecified atom stereocenters. The van der Waals surface area contributed by atoms with E-state index in [0.29, 0.717) is 5.84 Å². The lowest BCUT2D eigenvalue weighted by molar-refractivity contribution is -0.603. The molecule has 8 aromatic carbocycles. The summed E-state index contributed by atoms with van der Waals surface area (Å²) in [7, 11) is 0. The van der Waals surface area contributed by atoms with Gasteiger partial charge < -0.3 is 8.98 Å². The summed E-state index contributed by atoms with van der Waals surface area (Å²) in [5.74, 6) is 1.57. The smallest absolute Gasteiger partial charge is 0.272 e. The summed E-state index contributed by atoms with van der Waals surface area (Å²) in [6.45, 7) is 0. The molecule has 0 amide bonds. The molecule has 2 N–H and O–H groups in total. The number of aromatic nitrogens is 2. The van der Waals surface area contributed by atoms with Crippen molar-refractivity contribution in [3.63, 3.8) is 0 Å². The number of amidine groups is 2. The van der Waals surface area contributed by atoms with Gasteiger partial charge in [-0.3, -0.25) is 9.88 Å². The van der Waals surface area contributed by atoms with E-state index in [1.165, 1.54) is 27.1 Å². The highest BCUT2D eigenvalue weighted by molar-refractivity contribution is 6.23. The number of hydrogen-bond acceptors (Lipinski definition) is 3. The van der Waals surface area contributed by atoms with Gasteiger partial charge in [0.1, 0.15) is 11.2 Å². The van der Waals surface area contributed by atoms with Crippen LogP contribution in [0.3, 0.4) is 0 Å². The Hall–Kier alpha value is -7.54. The molecule has 6 nitrogen and oxygen atoms in total. The van der Waals surface area contributed by atoms with Gasteiger partial charge in [0.2, 0.25) is 5.84 Å². The predicted molar refractivity (Wildman–Crippen MR) is 233 cm³/mol. The van der Waals surface area contributed by atoms with Crippen LogP contribution < -0.4 is 5.32 Å². The van der Waals surface area contributed by atoms with Gasteiger partial charge in [0, 0.05) is 43.6 Å². The molecule has 0 bridgehead atoms. The normalized spacial score (nSPS) is 14.6. The van der Waals surface area contributed by atoms with E-state index >= 15 is 0 Å². The van der Waals surface area contributed by atoms with E-state index in [1.54, 1.807) is 0 Å². The van der Waals surface area contributed by atoms with E-state index in [-0.39, 0.29) is 0 Å². The lowest BCUT2D eigenvalue weighted by Crippen LogP contribution is -2.91. The first-order chi connectivity index (χ1) is 28.3. The van der Waals surface area contributed by atoms with Crippen molar-refractivity contribution < 1.29 is 9.73 Å². The summed E-state index contributed by atoms with van der Waals surface area (Å²) in [5.41, 5.74) is 11.6. The summed E-state index contributed by atoms with van der Waals surface area (Å²) in [5, 5.41) is 9.20. The second-order valence-electron chi connectivity index (χ2n) is 14.7. The fraction of sp³-hybridized carbons (Fsp3) is 0.0196. The minimum absolute atomic E-state index is 0.415. The maximum absolute atomic E-state index is 6.35. The summed E-state index contributed by atoms with van der Waals surface area (Å²) in [6.07, 6.45) is -0.415. The van der Waals surface area contributed by atoms with Crippen molar-refractivity contribution in [2.24, 2.45) is 9.98 Å². The highest BCUT2D eigenvalue weighted by Crippen LogP contribution is 2.42. The SMILES string of the molecule is c1ccc(C2=NC(c3ccccc3-c3cccc4oc5ccccc5c34)=NC(n3c4ccccc4c4ccc5c6ccccc6n(-c6ccccc6)c5c43)[NH2+]2)cc1. The molecular formula is C51H34N5O+.